The van der Waals surface area contributed by atoms with E-state index in [1.807, 2.05) is 6.07 Å². The van der Waals surface area contributed by atoms with Crippen LogP contribution in [0.1, 0.15) is 18.4 Å². The van der Waals surface area contributed by atoms with Crippen molar-refractivity contribution >= 4 is 15.9 Å². The summed E-state index contributed by atoms with van der Waals surface area (Å²) in [6.45, 7) is 4.31. The number of rotatable bonds is 6. The quantitative estimate of drug-likeness (QED) is 0.543. The predicted molar refractivity (Wildman–Crippen MR) is 84.5 cm³/mol. The fourth-order valence-corrected chi connectivity index (χ4v) is 3.26. The summed E-state index contributed by atoms with van der Waals surface area (Å²) in [6.07, 6.45) is 10.4. The highest BCUT2D eigenvalue weighted by Crippen LogP contribution is 2.39. The summed E-state index contributed by atoms with van der Waals surface area (Å²) in [5.74, 6) is 0. The lowest BCUT2D eigenvalue weighted by Crippen LogP contribution is -2.34. The Balaban J connectivity index is 2.44. The average Bonchev–Trinajstić information content (AvgIpc) is 2.51. The first-order valence-electron chi connectivity index (χ1n) is 6.56. The standard InChI is InChI=1S/C17H19BrO/c1-2-13-19-17(14-18,15-9-5-3-6-10-15)16-11-7-4-8-12-16/h2-7,9-11H,1,8,12-14H2. The van der Waals surface area contributed by atoms with Crippen molar-refractivity contribution in [2.24, 2.45) is 0 Å². The number of halogens is 1. The molecule has 0 amide bonds. The molecule has 19 heavy (non-hydrogen) atoms. The fourth-order valence-electron chi connectivity index (χ4n) is 2.41. The Labute approximate surface area is 123 Å². The Morgan fingerprint density at radius 1 is 1.32 bits per heavy atom. The summed E-state index contributed by atoms with van der Waals surface area (Å²) in [6, 6.07) is 10.4. The Kier molecular flexibility index (Phi) is 5.17. The minimum Gasteiger partial charge on any atom is -0.361 e. The molecule has 0 N–H and O–H groups in total. The molecule has 1 nitrogen and oxygen atoms in total. The van der Waals surface area contributed by atoms with E-state index >= 15 is 0 Å². The Hall–Kier alpha value is -1.12. The van der Waals surface area contributed by atoms with E-state index in [1.54, 1.807) is 6.08 Å². The summed E-state index contributed by atoms with van der Waals surface area (Å²) in [5.41, 5.74) is 2.12. The van der Waals surface area contributed by atoms with Crippen molar-refractivity contribution < 1.29 is 4.74 Å². The van der Waals surface area contributed by atoms with Crippen LogP contribution in [0.2, 0.25) is 0 Å². The molecule has 1 unspecified atom stereocenters. The van der Waals surface area contributed by atoms with Crippen molar-refractivity contribution in [3.8, 4) is 0 Å². The van der Waals surface area contributed by atoms with Gasteiger partial charge in [-0.2, -0.15) is 0 Å². The van der Waals surface area contributed by atoms with Gasteiger partial charge in [0, 0.05) is 5.33 Å². The normalized spacial score (nSPS) is 17.6. The molecule has 1 atom stereocenters. The van der Waals surface area contributed by atoms with Crippen LogP contribution < -0.4 is 0 Å². The van der Waals surface area contributed by atoms with Gasteiger partial charge in [-0.3, -0.25) is 0 Å². The Morgan fingerprint density at radius 2 is 2.11 bits per heavy atom. The maximum absolute atomic E-state index is 6.19. The first-order valence-corrected chi connectivity index (χ1v) is 7.68. The molecular formula is C17H19BrO. The van der Waals surface area contributed by atoms with Crippen LogP contribution >= 0.6 is 15.9 Å². The van der Waals surface area contributed by atoms with Crippen LogP contribution in [0, 0.1) is 0 Å². The second kappa shape index (κ2) is 6.88. The van der Waals surface area contributed by atoms with Gasteiger partial charge in [0.1, 0.15) is 5.60 Å². The van der Waals surface area contributed by atoms with E-state index in [-0.39, 0.29) is 5.60 Å². The van der Waals surface area contributed by atoms with E-state index in [0.717, 1.165) is 18.2 Å². The summed E-state index contributed by atoms with van der Waals surface area (Å²) in [7, 11) is 0. The summed E-state index contributed by atoms with van der Waals surface area (Å²) >= 11 is 3.65. The van der Waals surface area contributed by atoms with Crippen LogP contribution in [-0.4, -0.2) is 11.9 Å². The third kappa shape index (κ3) is 3.07. The zero-order valence-electron chi connectivity index (χ0n) is 11.0. The van der Waals surface area contributed by atoms with E-state index < -0.39 is 0 Å². The van der Waals surface area contributed by atoms with Gasteiger partial charge in [0.25, 0.3) is 0 Å². The Bertz CT molecular complexity index is 475. The largest absolute Gasteiger partial charge is 0.361 e. The molecule has 0 spiro atoms. The first-order chi connectivity index (χ1) is 9.33. The maximum atomic E-state index is 6.19. The minimum atomic E-state index is -0.389. The molecule has 0 bridgehead atoms. The van der Waals surface area contributed by atoms with E-state index in [4.69, 9.17) is 4.74 Å². The topological polar surface area (TPSA) is 9.23 Å². The third-order valence-corrected chi connectivity index (χ3v) is 4.20. The van der Waals surface area contributed by atoms with E-state index in [2.05, 4.69) is 65.0 Å². The van der Waals surface area contributed by atoms with Gasteiger partial charge in [0.15, 0.2) is 0 Å². The smallest absolute Gasteiger partial charge is 0.124 e. The molecule has 1 aromatic carbocycles. The van der Waals surface area contributed by atoms with Crippen molar-refractivity contribution in [1.82, 2.24) is 0 Å². The van der Waals surface area contributed by atoms with E-state index in [1.165, 1.54) is 11.1 Å². The third-order valence-electron chi connectivity index (χ3n) is 3.41. The molecule has 0 fully saturated rings. The Morgan fingerprint density at radius 3 is 2.68 bits per heavy atom. The molecule has 100 valence electrons. The number of allylic oxidation sites excluding steroid dienone is 3. The van der Waals surface area contributed by atoms with Crippen LogP contribution in [0.4, 0.5) is 0 Å². The second-order valence-corrected chi connectivity index (χ2v) is 5.15. The molecule has 0 radical (unpaired) electrons. The molecule has 0 saturated carbocycles. The molecule has 1 aliphatic rings. The van der Waals surface area contributed by atoms with Crippen LogP contribution in [0.25, 0.3) is 0 Å². The summed E-state index contributed by atoms with van der Waals surface area (Å²) in [5, 5.41) is 0.748. The molecule has 0 saturated heterocycles. The molecule has 2 heteroatoms. The summed E-state index contributed by atoms with van der Waals surface area (Å²) < 4.78 is 6.19. The number of hydrogen-bond donors (Lipinski definition) is 0. The van der Waals surface area contributed by atoms with Gasteiger partial charge in [-0.15, -0.1) is 6.58 Å². The van der Waals surface area contributed by atoms with Crippen LogP contribution in [0.15, 0.2) is 66.8 Å². The van der Waals surface area contributed by atoms with Crippen molar-refractivity contribution in [2.45, 2.75) is 18.4 Å². The zero-order chi connectivity index (χ0) is 13.6. The molecular weight excluding hydrogens is 300 g/mol. The second-order valence-electron chi connectivity index (χ2n) is 4.59. The van der Waals surface area contributed by atoms with Crippen molar-refractivity contribution in [3.05, 3.63) is 72.4 Å². The van der Waals surface area contributed by atoms with Gasteiger partial charge in [-0.1, -0.05) is 70.6 Å². The molecule has 2 rings (SSSR count). The van der Waals surface area contributed by atoms with Crippen LogP contribution in [0.5, 0.6) is 0 Å². The zero-order valence-corrected chi connectivity index (χ0v) is 12.6. The van der Waals surface area contributed by atoms with Gasteiger partial charge in [-0.05, 0) is 24.0 Å². The molecule has 0 heterocycles. The highest BCUT2D eigenvalue weighted by molar-refractivity contribution is 9.09. The molecule has 1 aliphatic carbocycles. The number of alkyl halides is 1. The predicted octanol–water partition coefficient (Wildman–Crippen LogP) is 4.76. The number of ether oxygens (including phenoxy) is 1. The maximum Gasteiger partial charge on any atom is 0.124 e. The lowest BCUT2D eigenvalue weighted by molar-refractivity contribution is 0.0129. The van der Waals surface area contributed by atoms with Gasteiger partial charge in [0.2, 0.25) is 0 Å². The fraction of sp³-hybridized carbons (Fsp3) is 0.294. The lowest BCUT2D eigenvalue weighted by Gasteiger charge is -2.36. The number of benzene rings is 1. The number of hydrogen-bond acceptors (Lipinski definition) is 1. The van der Waals surface area contributed by atoms with Gasteiger partial charge in [-0.25, -0.2) is 0 Å². The highest BCUT2D eigenvalue weighted by atomic mass is 79.9. The van der Waals surface area contributed by atoms with Crippen molar-refractivity contribution in [1.29, 1.82) is 0 Å². The average molecular weight is 319 g/mol. The molecule has 0 aromatic heterocycles. The monoisotopic (exact) mass is 318 g/mol. The van der Waals surface area contributed by atoms with Crippen molar-refractivity contribution in [2.75, 3.05) is 11.9 Å². The van der Waals surface area contributed by atoms with Gasteiger partial charge >= 0.3 is 0 Å². The SMILES string of the molecule is C=CCOC(CBr)(C1=CC=CCC1)c1ccccc1. The molecule has 1 aromatic rings. The summed E-state index contributed by atoms with van der Waals surface area (Å²) in [4.78, 5) is 0. The lowest BCUT2D eigenvalue weighted by atomic mass is 9.83. The van der Waals surface area contributed by atoms with Crippen LogP contribution in [-0.2, 0) is 10.3 Å². The van der Waals surface area contributed by atoms with Crippen LogP contribution in [0.3, 0.4) is 0 Å². The highest BCUT2D eigenvalue weighted by Gasteiger charge is 2.35. The molecule has 0 aliphatic heterocycles. The first kappa shape index (κ1) is 14.3. The van der Waals surface area contributed by atoms with E-state index in [0.29, 0.717) is 6.61 Å². The minimum absolute atomic E-state index is 0.389. The van der Waals surface area contributed by atoms with Gasteiger partial charge < -0.3 is 4.74 Å². The van der Waals surface area contributed by atoms with Gasteiger partial charge in [0.05, 0.1) is 6.61 Å². The van der Waals surface area contributed by atoms with Crippen molar-refractivity contribution in [3.63, 3.8) is 0 Å². The van der Waals surface area contributed by atoms with E-state index in [9.17, 15) is 0 Å².